The standard InChI is InChI=1S/C9H17NO3S/c1-7(2)3-6-9(11)10-14(12,13)8-4-5-8/h7-8H,3-6H2,1-2H3,(H,10,11). The number of carbonyl (C=O) groups is 1. The van der Waals surface area contributed by atoms with Crippen LogP contribution in [0.25, 0.3) is 0 Å². The van der Waals surface area contributed by atoms with Crippen molar-refractivity contribution in [2.75, 3.05) is 0 Å². The van der Waals surface area contributed by atoms with Crippen molar-refractivity contribution >= 4 is 15.9 Å². The molecule has 0 saturated heterocycles. The number of sulfonamides is 1. The molecule has 0 bridgehead atoms. The molecule has 5 heteroatoms. The highest BCUT2D eigenvalue weighted by Gasteiger charge is 2.36. The predicted molar refractivity (Wildman–Crippen MR) is 54.2 cm³/mol. The Balaban J connectivity index is 2.33. The molecular formula is C9H17NO3S. The first kappa shape index (κ1) is 11.5. The van der Waals surface area contributed by atoms with E-state index in [1.807, 2.05) is 13.8 Å². The molecular weight excluding hydrogens is 202 g/mol. The summed E-state index contributed by atoms with van der Waals surface area (Å²) in [6, 6.07) is 0. The van der Waals surface area contributed by atoms with E-state index in [1.165, 1.54) is 0 Å². The van der Waals surface area contributed by atoms with Crippen LogP contribution >= 0.6 is 0 Å². The maximum Gasteiger partial charge on any atom is 0.237 e. The van der Waals surface area contributed by atoms with Crippen LogP contribution in [0.3, 0.4) is 0 Å². The van der Waals surface area contributed by atoms with Crippen molar-refractivity contribution in [2.45, 2.75) is 44.8 Å². The highest BCUT2D eigenvalue weighted by Crippen LogP contribution is 2.27. The molecule has 0 atom stereocenters. The van der Waals surface area contributed by atoms with Gasteiger partial charge in [-0.1, -0.05) is 13.8 Å². The number of nitrogens with one attached hydrogen (secondary N) is 1. The summed E-state index contributed by atoms with van der Waals surface area (Å²) in [4.78, 5) is 11.2. The Morgan fingerprint density at radius 2 is 2.00 bits per heavy atom. The Kier molecular flexibility index (Phi) is 3.53. The van der Waals surface area contributed by atoms with Crippen molar-refractivity contribution < 1.29 is 13.2 Å². The second-order valence-electron chi connectivity index (χ2n) is 4.20. The molecule has 14 heavy (non-hydrogen) atoms. The van der Waals surface area contributed by atoms with Crippen LogP contribution in [-0.4, -0.2) is 19.6 Å². The topological polar surface area (TPSA) is 63.2 Å². The van der Waals surface area contributed by atoms with Gasteiger partial charge in [0.05, 0.1) is 5.25 Å². The molecule has 1 N–H and O–H groups in total. The van der Waals surface area contributed by atoms with Gasteiger partial charge in [-0.15, -0.1) is 0 Å². The van der Waals surface area contributed by atoms with Crippen LogP contribution in [0.4, 0.5) is 0 Å². The Morgan fingerprint density at radius 3 is 2.43 bits per heavy atom. The molecule has 1 aliphatic carbocycles. The van der Waals surface area contributed by atoms with Crippen LogP contribution in [0, 0.1) is 5.92 Å². The number of hydrogen-bond donors (Lipinski definition) is 1. The summed E-state index contributed by atoms with van der Waals surface area (Å²) in [5.41, 5.74) is 0. The van der Waals surface area contributed by atoms with Crippen molar-refractivity contribution in [3.8, 4) is 0 Å². The molecule has 0 aliphatic heterocycles. The van der Waals surface area contributed by atoms with E-state index < -0.39 is 10.0 Å². The zero-order valence-electron chi connectivity index (χ0n) is 8.62. The van der Waals surface area contributed by atoms with Crippen LogP contribution in [-0.2, 0) is 14.8 Å². The molecule has 0 aromatic carbocycles. The first-order valence-electron chi connectivity index (χ1n) is 4.96. The largest absolute Gasteiger partial charge is 0.274 e. The summed E-state index contributed by atoms with van der Waals surface area (Å²) < 4.78 is 24.7. The van der Waals surface area contributed by atoms with E-state index in [9.17, 15) is 13.2 Å². The fraction of sp³-hybridized carbons (Fsp3) is 0.889. The van der Waals surface area contributed by atoms with E-state index in [0.717, 1.165) is 6.42 Å². The summed E-state index contributed by atoms with van der Waals surface area (Å²) in [6.45, 7) is 4.01. The van der Waals surface area contributed by atoms with Gasteiger partial charge >= 0.3 is 0 Å². The minimum absolute atomic E-state index is 0.295. The Hall–Kier alpha value is -0.580. The third-order valence-electron chi connectivity index (χ3n) is 2.17. The van der Waals surface area contributed by atoms with Crippen LogP contribution in [0.5, 0.6) is 0 Å². The van der Waals surface area contributed by atoms with Crippen molar-refractivity contribution in [1.82, 2.24) is 4.72 Å². The molecule has 4 nitrogen and oxygen atoms in total. The van der Waals surface area contributed by atoms with Gasteiger partial charge in [-0.25, -0.2) is 8.42 Å². The molecule has 82 valence electrons. The molecule has 0 aromatic heterocycles. The molecule has 1 amide bonds. The molecule has 1 aliphatic rings. The predicted octanol–water partition coefficient (Wildman–Crippen LogP) is 1.03. The van der Waals surface area contributed by atoms with E-state index in [4.69, 9.17) is 0 Å². The van der Waals surface area contributed by atoms with Gasteiger partial charge in [-0.05, 0) is 25.2 Å². The lowest BCUT2D eigenvalue weighted by atomic mass is 10.1. The highest BCUT2D eigenvalue weighted by atomic mass is 32.2. The van der Waals surface area contributed by atoms with Crippen LogP contribution in [0.2, 0.25) is 0 Å². The summed E-state index contributed by atoms with van der Waals surface area (Å²) >= 11 is 0. The summed E-state index contributed by atoms with van der Waals surface area (Å²) in [5.74, 6) is 0.0509. The van der Waals surface area contributed by atoms with E-state index in [-0.39, 0.29) is 11.2 Å². The fourth-order valence-corrected chi connectivity index (χ4v) is 2.43. The van der Waals surface area contributed by atoms with Crippen LogP contribution < -0.4 is 4.72 Å². The van der Waals surface area contributed by atoms with Crippen LogP contribution in [0.15, 0.2) is 0 Å². The highest BCUT2D eigenvalue weighted by molar-refractivity contribution is 7.90. The average molecular weight is 219 g/mol. The third-order valence-corrected chi connectivity index (χ3v) is 4.03. The van der Waals surface area contributed by atoms with Gasteiger partial charge in [0.1, 0.15) is 0 Å². The second kappa shape index (κ2) is 4.29. The Labute approximate surface area is 85.1 Å². The molecule has 1 saturated carbocycles. The Bertz CT molecular complexity index is 304. The van der Waals surface area contributed by atoms with Gasteiger partial charge in [0.15, 0.2) is 0 Å². The molecule has 0 aromatic rings. The van der Waals surface area contributed by atoms with E-state index >= 15 is 0 Å². The molecule has 1 fully saturated rings. The van der Waals surface area contributed by atoms with E-state index in [1.54, 1.807) is 0 Å². The van der Waals surface area contributed by atoms with Crippen molar-refractivity contribution in [3.05, 3.63) is 0 Å². The van der Waals surface area contributed by atoms with Crippen molar-refractivity contribution in [1.29, 1.82) is 0 Å². The first-order valence-corrected chi connectivity index (χ1v) is 6.51. The minimum Gasteiger partial charge on any atom is -0.274 e. The summed E-state index contributed by atoms with van der Waals surface area (Å²) in [6.07, 6.45) is 2.40. The summed E-state index contributed by atoms with van der Waals surface area (Å²) in [5, 5.41) is -0.314. The molecule has 0 spiro atoms. The zero-order chi connectivity index (χ0) is 10.8. The van der Waals surface area contributed by atoms with Gasteiger partial charge < -0.3 is 0 Å². The van der Waals surface area contributed by atoms with Crippen LogP contribution in [0.1, 0.15) is 39.5 Å². The third kappa shape index (κ3) is 3.65. The maximum absolute atomic E-state index is 11.3. The summed E-state index contributed by atoms with van der Waals surface area (Å²) in [7, 11) is -3.33. The lowest BCUT2D eigenvalue weighted by Gasteiger charge is -2.06. The monoisotopic (exact) mass is 219 g/mol. The second-order valence-corrected chi connectivity index (χ2v) is 6.16. The van der Waals surface area contributed by atoms with Crippen molar-refractivity contribution in [2.24, 2.45) is 5.92 Å². The average Bonchev–Trinajstić information content (AvgIpc) is 2.81. The number of carbonyl (C=O) groups excluding carboxylic acids is 1. The Morgan fingerprint density at radius 1 is 1.43 bits per heavy atom. The number of hydrogen-bond acceptors (Lipinski definition) is 3. The smallest absolute Gasteiger partial charge is 0.237 e. The van der Waals surface area contributed by atoms with Gasteiger partial charge in [-0.3, -0.25) is 9.52 Å². The fourth-order valence-electron chi connectivity index (χ4n) is 1.09. The number of rotatable bonds is 5. The van der Waals surface area contributed by atoms with Crippen molar-refractivity contribution in [3.63, 3.8) is 0 Å². The quantitative estimate of drug-likeness (QED) is 0.751. The van der Waals surface area contributed by atoms with Gasteiger partial charge in [-0.2, -0.15) is 0 Å². The molecule has 0 unspecified atom stereocenters. The lowest BCUT2D eigenvalue weighted by Crippen LogP contribution is -2.33. The molecule has 0 heterocycles. The van der Waals surface area contributed by atoms with Gasteiger partial charge in [0.25, 0.3) is 0 Å². The maximum atomic E-state index is 11.3. The molecule has 0 radical (unpaired) electrons. The molecule has 1 rings (SSSR count). The van der Waals surface area contributed by atoms with Gasteiger partial charge in [0.2, 0.25) is 15.9 Å². The first-order chi connectivity index (χ1) is 6.42. The zero-order valence-corrected chi connectivity index (χ0v) is 9.43. The van der Waals surface area contributed by atoms with Gasteiger partial charge in [0, 0.05) is 6.42 Å². The SMILES string of the molecule is CC(C)CCC(=O)NS(=O)(=O)C1CC1. The minimum atomic E-state index is -3.33. The normalized spacial score (nSPS) is 17.1. The number of amides is 1. The van der Waals surface area contributed by atoms with E-state index in [0.29, 0.717) is 25.2 Å². The van der Waals surface area contributed by atoms with E-state index in [2.05, 4.69) is 4.72 Å². The lowest BCUT2D eigenvalue weighted by molar-refractivity contribution is -0.119.